The van der Waals surface area contributed by atoms with Crippen molar-refractivity contribution in [2.45, 2.75) is 30.9 Å². The SMILES string of the molecule is CNc1cn([C@@H]2C[C@@H](N)[C@@H]([C@H](O)CO)O2)c(=O)[nH]c1=O. The number of hydrogen-bond acceptors (Lipinski definition) is 7. The fourth-order valence-electron chi connectivity index (χ4n) is 2.24. The molecule has 0 aliphatic carbocycles. The van der Waals surface area contributed by atoms with Crippen LogP contribution in [0.3, 0.4) is 0 Å². The minimum Gasteiger partial charge on any atom is -0.394 e. The van der Waals surface area contributed by atoms with E-state index in [4.69, 9.17) is 15.6 Å². The third kappa shape index (κ3) is 2.61. The van der Waals surface area contributed by atoms with Gasteiger partial charge < -0.3 is 26.0 Å². The summed E-state index contributed by atoms with van der Waals surface area (Å²) < 4.78 is 6.72. The summed E-state index contributed by atoms with van der Waals surface area (Å²) in [5, 5.41) is 21.2. The summed E-state index contributed by atoms with van der Waals surface area (Å²) in [6.45, 7) is -0.479. The Kier molecular flexibility index (Phi) is 4.23. The molecule has 0 bridgehead atoms. The van der Waals surface area contributed by atoms with Crippen LogP contribution >= 0.6 is 0 Å². The van der Waals surface area contributed by atoms with Gasteiger partial charge in [-0.1, -0.05) is 0 Å². The number of nitrogens with zero attached hydrogens (tertiary/aromatic N) is 1. The van der Waals surface area contributed by atoms with Gasteiger partial charge >= 0.3 is 5.69 Å². The highest BCUT2D eigenvalue weighted by Crippen LogP contribution is 2.28. The van der Waals surface area contributed by atoms with Gasteiger partial charge in [-0.2, -0.15) is 0 Å². The summed E-state index contributed by atoms with van der Waals surface area (Å²) in [5.74, 6) is 0. The minimum atomic E-state index is -1.11. The summed E-state index contributed by atoms with van der Waals surface area (Å²) in [6.07, 6.45) is -0.949. The van der Waals surface area contributed by atoms with Crippen molar-refractivity contribution in [3.05, 3.63) is 27.0 Å². The summed E-state index contributed by atoms with van der Waals surface area (Å²) in [6, 6.07) is -0.515. The van der Waals surface area contributed by atoms with Crippen LogP contribution < -0.4 is 22.3 Å². The van der Waals surface area contributed by atoms with Gasteiger partial charge in [0.15, 0.2) is 0 Å². The molecule has 9 nitrogen and oxygen atoms in total. The Labute approximate surface area is 114 Å². The smallest absolute Gasteiger partial charge is 0.330 e. The Morgan fingerprint density at radius 3 is 2.95 bits per heavy atom. The Bertz CT molecular complexity index is 583. The zero-order valence-electron chi connectivity index (χ0n) is 10.9. The lowest BCUT2D eigenvalue weighted by molar-refractivity contribution is -0.0780. The highest BCUT2D eigenvalue weighted by atomic mass is 16.5. The Morgan fingerprint density at radius 1 is 1.65 bits per heavy atom. The maximum Gasteiger partial charge on any atom is 0.330 e. The van der Waals surface area contributed by atoms with E-state index in [1.807, 2.05) is 0 Å². The second-order valence-corrected chi connectivity index (χ2v) is 4.66. The van der Waals surface area contributed by atoms with Crippen molar-refractivity contribution >= 4 is 5.69 Å². The van der Waals surface area contributed by atoms with E-state index in [1.165, 1.54) is 10.8 Å². The predicted octanol–water partition coefficient (Wildman–Crippen LogP) is -2.45. The molecule has 6 N–H and O–H groups in total. The van der Waals surface area contributed by atoms with Gasteiger partial charge in [0.25, 0.3) is 5.56 Å². The Hall–Kier alpha value is -1.68. The number of aliphatic hydroxyl groups excluding tert-OH is 2. The first-order valence-corrected chi connectivity index (χ1v) is 6.21. The molecule has 0 unspecified atom stereocenters. The summed E-state index contributed by atoms with van der Waals surface area (Å²) in [5.41, 5.74) is 4.91. The van der Waals surface area contributed by atoms with Crippen molar-refractivity contribution < 1.29 is 14.9 Å². The lowest BCUT2D eigenvalue weighted by Crippen LogP contribution is -2.41. The van der Waals surface area contributed by atoms with Gasteiger partial charge in [0, 0.05) is 25.7 Å². The quantitative estimate of drug-likeness (QED) is 0.413. The molecule has 112 valence electrons. The van der Waals surface area contributed by atoms with Crippen LogP contribution in [0.2, 0.25) is 0 Å². The lowest BCUT2D eigenvalue weighted by Gasteiger charge is -2.20. The molecule has 9 heteroatoms. The van der Waals surface area contributed by atoms with Crippen LogP contribution in [-0.2, 0) is 4.74 Å². The number of H-pyrrole nitrogens is 1. The number of aliphatic hydroxyl groups is 2. The molecule has 2 rings (SSSR count). The molecule has 0 saturated carbocycles. The second-order valence-electron chi connectivity index (χ2n) is 4.66. The summed E-state index contributed by atoms with van der Waals surface area (Å²) >= 11 is 0. The van der Waals surface area contributed by atoms with Crippen LogP contribution in [0.5, 0.6) is 0 Å². The third-order valence-corrected chi connectivity index (χ3v) is 3.32. The summed E-state index contributed by atoms with van der Waals surface area (Å²) in [4.78, 5) is 25.4. The van der Waals surface area contributed by atoms with E-state index in [-0.39, 0.29) is 12.1 Å². The number of hydrogen-bond donors (Lipinski definition) is 5. The maximum absolute atomic E-state index is 11.8. The fourth-order valence-corrected chi connectivity index (χ4v) is 2.24. The first-order valence-electron chi connectivity index (χ1n) is 6.21. The van der Waals surface area contributed by atoms with E-state index in [0.29, 0.717) is 0 Å². The molecule has 0 amide bonds. The van der Waals surface area contributed by atoms with Crippen molar-refractivity contribution in [1.82, 2.24) is 9.55 Å². The minimum absolute atomic E-state index is 0.216. The number of aromatic amines is 1. The lowest BCUT2D eigenvalue weighted by atomic mass is 10.1. The van der Waals surface area contributed by atoms with Crippen LogP contribution in [0.4, 0.5) is 5.69 Å². The highest BCUT2D eigenvalue weighted by molar-refractivity contribution is 5.36. The molecule has 1 saturated heterocycles. The van der Waals surface area contributed by atoms with E-state index in [1.54, 1.807) is 7.05 Å². The van der Waals surface area contributed by atoms with E-state index in [2.05, 4.69) is 10.3 Å². The average Bonchev–Trinajstić information content (AvgIpc) is 2.80. The van der Waals surface area contributed by atoms with Crippen molar-refractivity contribution in [2.24, 2.45) is 5.73 Å². The topological polar surface area (TPSA) is 143 Å². The molecule has 1 fully saturated rings. The van der Waals surface area contributed by atoms with E-state index in [9.17, 15) is 14.7 Å². The monoisotopic (exact) mass is 286 g/mol. The molecule has 1 aromatic heterocycles. The zero-order valence-corrected chi connectivity index (χ0v) is 10.9. The first kappa shape index (κ1) is 14.7. The molecule has 1 aliphatic rings. The molecule has 0 spiro atoms. The van der Waals surface area contributed by atoms with Crippen LogP contribution in [0.25, 0.3) is 0 Å². The molecule has 2 heterocycles. The van der Waals surface area contributed by atoms with E-state index in [0.717, 1.165) is 0 Å². The van der Waals surface area contributed by atoms with Gasteiger partial charge in [-0.15, -0.1) is 0 Å². The normalized spacial score (nSPS) is 27.5. The van der Waals surface area contributed by atoms with Gasteiger partial charge in [0.2, 0.25) is 0 Å². The number of ether oxygens (including phenoxy) is 1. The van der Waals surface area contributed by atoms with E-state index < -0.39 is 42.3 Å². The standard InChI is InChI=1S/C11H18N4O5/c1-13-6-3-15(11(19)14-10(6)18)8-2-5(12)9(20-8)7(17)4-16/h3,5,7-9,13,16-17H,2,4,12H2,1H3,(H,14,18,19)/t5-,7-,8+,9+/m1/s1. The molecular weight excluding hydrogens is 268 g/mol. The van der Waals surface area contributed by atoms with Crippen LogP contribution in [0, 0.1) is 0 Å². The summed E-state index contributed by atoms with van der Waals surface area (Å²) in [7, 11) is 1.55. The number of nitrogens with one attached hydrogen (secondary N) is 2. The van der Waals surface area contributed by atoms with Gasteiger partial charge in [0.1, 0.15) is 24.1 Å². The number of nitrogens with two attached hydrogens (primary N) is 1. The van der Waals surface area contributed by atoms with Gasteiger partial charge in [-0.3, -0.25) is 14.3 Å². The van der Waals surface area contributed by atoms with E-state index >= 15 is 0 Å². The number of rotatable bonds is 4. The Morgan fingerprint density at radius 2 is 2.35 bits per heavy atom. The highest BCUT2D eigenvalue weighted by Gasteiger charge is 2.38. The maximum atomic E-state index is 11.8. The largest absolute Gasteiger partial charge is 0.394 e. The van der Waals surface area contributed by atoms with Crippen LogP contribution in [0.1, 0.15) is 12.6 Å². The molecule has 0 radical (unpaired) electrons. The zero-order chi connectivity index (χ0) is 14.9. The molecule has 4 atom stereocenters. The molecule has 20 heavy (non-hydrogen) atoms. The van der Waals surface area contributed by atoms with Crippen LogP contribution in [0.15, 0.2) is 15.8 Å². The molecule has 0 aromatic carbocycles. The number of anilines is 1. The third-order valence-electron chi connectivity index (χ3n) is 3.32. The number of aromatic nitrogens is 2. The Balaban J connectivity index is 2.30. The van der Waals surface area contributed by atoms with Gasteiger partial charge in [-0.05, 0) is 0 Å². The molecular formula is C11H18N4O5. The van der Waals surface area contributed by atoms with Gasteiger partial charge in [-0.25, -0.2) is 4.79 Å². The predicted molar refractivity (Wildman–Crippen MR) is 70.5 cm³/mol. The van der Waals surface area contributed by atoms with Crippen molar-refractivity contribution in [2.75, 3.05) is 19.0 Å². The average molecular weight is 286 g/mol. The van der Waals surface area contributed by atoms with Gasteiger partial charge in [0.05, 0.1) is 6.61 Å². The molecule has 1 aromatic rings. The van der Waals surface area contributed by atoms with Crippen LogP contribution in [-0.4, -0.2) is 51.7 Å². The first-order chi connectivity index (χ1) is 9.47. The molecule has 1 aliphatic heterocycles. The fraction of sp³-hybridized carbons (Fsp3) is 0.636. The second kappa shape index (κ2) is 5.75. The van der Waals surface area contributed by atoms with Crippen molar-refractivity contribution in [1.29, 1.82) is 0 Å². The van der Waals surface area contributed by atoms with Crippen molar-refractivity contribution in [3.8, 4) is 0 Å². The van der Waals surface area contributed by atoms with Crippen molar-refractivity contribution in [3.63, 3.8) is 0 Å².